The Balaban J connectivity index is 1.22. The number of carbonyl (C=O) groups excluding carboxylic acids is 2. The lowest BCUT2D eigenvalue weighted by Gasteiger charge is -2.61. The summed E-state index contributed by atoms with van der Waals surface area (Å²) in [6.45, 7) is 9.36. The molecule has 0 saturated heterocycles. The van der Waals surface area contributed by atoms with E-state index < -0.39 is 10.8 Å². The van der Waals surface area contributed by atoms with Crippen molar-refractivity contribution in [3.05, 3.63) is 0 Å². The van der Waals surface area contributed by atoms with Crippen molar-refractivity contribution in [3.8, 4) is 0 Å². The fraction of sp³-hybridized carbons (Fsp3) is 0.941. The molecule has 208 valence electrons. The second-order valence-electron chi connectivity index (χ2n) is 15.8. The van der Waals surface area contributed by atoms with Gasteiger partial charge in [-0.25, -0.2) is 0 Å². The molecule has 0 aromatic heterocycles. The van der Waals surface area contributed by atoms with E-state index in [1.807, 2.05) is 0 Å². The van der Waals surface area contributed by atoms with Crippen molar-refractivity contribution in [3.63, 3.8) is 0 Å². The van der Waals surface area contributed by atoms with Gasteiger partial charge in [-0.3, -0.25) is 9.59 Å². The molecule has 0 radical (unpaired) electrons. The van der Waals surface area contributed by atoms with Gasteiger partial charge < -0.3 is 4.74 Å². The van der Waals surface area contributed by atoms with Crippen LogP contribution in [0.4, 0.5) is 0 Å². The molecule has 0 aromatic carbocycles. The van der Waals surface area contributed by atoms with Gasteiger partial charge in [-0.15, -0.1) is 0 Å². The van der Waals surface area contributed by atoms with Crippen molar-refractivity contribution >= 4 is 11.9 Å². The summed E-state index contributed by atoms with van der Waals surface area (Å²) in [6, 6.07) is 0. The molecule has 6 aliphatic carbocycles. The standard InChI is InChI=1S/C34H54O3/c1-31-19-9-21-33(3,27(31)17-15-23-11-5-7-13-25(23)31)29(35)37-30(36)34(4)22-10-20-32(2)26-14-8-6-12-24(26)16-18-28(32)34/h23-28H,5-22H2,1-4H3/t23-,24?,25+,26?,27?,28?,31-,32-,33+,34+/m1/s1. The van der Waals surface area contributed by atoms with Crippen molar-refractivity contribution in [1.82, 2.24) is 0 Å². The topological polar surface area (TPSA) is 43.4 Å². The summed E-state index contributed by atoms with van der Waals surface area (Å²) in [6.07, 6.45) is 22.2. The third-order valence-electron chi connectivity index (χ3n) is 14.2. The first-order valence-electron chi connectivity index (χ1n) is 16.4. The predicted octanol–water partition coefficient (Wildman–Crippen LogP) is 8.88. The minimum atomic E-state index is -0.513. The molecule has 0 amide bonds. The summed E-state index contributed by atoms with van der Waals surface area (Å²) in [5, 5.41) is 0. The number of fused-ring (bicyclic) bond motifs is 6. The Labute approximate surface area is 226 Å². The zero-order valence-electron chi connectivity index (χ0n) is 24.4. The molecule has 3 heteroatoms. The Hall–Kier alpha value is -0.860. The minimum Gasteiger partial charge on any atom is -0.392 e. The van der Waals surface area contributed by atoms with E-state index in [1.165, 1.54) is 77.0 Å². The molecule has 0 heterocycles. The minimum absolute atomic E-state index is 0.178. The van der Waals surface area contributed by atoms with Crippen LogP contribution >= 0.6 is 0 Å². The zero-order valence-corrected chi connectivity index (χ0v) is 24.4. The average molecular weight is 511 g/mol. The second-order valence-corrected chi connectivity index (χ2v) is 15.8. The van der Waals surface area contributed by atoms with Crippen LogP contribution in [-0.4, -0.2) is 11.9 Å². The molecule has 37 heavy (non-hydrogen) atoms. The lowest BCUT2D eigenvalue weighted by Crippen LogP contribution is -2.58. The SMILES string of the molecule is C[C@]12CCC[C@](C)(C(=O)OC(=O)[C@@]3(C)CCC[C@@]4(C)C3CC[C@H]3CCCC[C@@H]34)C1CCC1CCCCC12. The first-order valence-corrected chi connectivity index (χ1v) is 16.4. The number of ether oxygens (including phenoxy) is 1. The molecule has 0 spiro atoms. The van der Waals surface area contributed by atoms with Gasteiger partial charge in [0.2, 0.25) is 0 Å². The van der Waals surface area contributed by atoms with E-state index in [-0.39, 0.29) is 22.8 Å². The monoisotopic (exact) mass is 510 g/mol. The van der Waals surface area contributed by atoms with E-state index >= 15 is 0 Å². The molecule has 0 N–H and O–H groups in total. The van der Waals surface area contributed by atoms with E-state index in [4.69, 9.17) is 4.74 Å². The highest BCUT2D eigenvalue weighted by Gasteiger charge is 2.62. The molecule has 0 bridgehead atoms. The third kappa shape index (κ3) is 3.93. The van der Waals surface area contributed by atoms with Crippen molar-refractivity contribution in [1.29, 1.82) is 0 Å². The molecule has 10 atom stereocenters. The zero-order chi connectivity index (χ0) is 26.1. The van der Waals surface area contributed by atoms with Gasteiger partial charge in [0.15, 0.2) is 0 Å². The maximum atomic E-state index is 14.1. The molecule has 0 aromatic rings. The first kappa shape index (κ1) is 26.4. The fourth-order valence-corrected chi connectivity index (χ4v) is 12.4. The maximum absolute atomic E-state index is 14.1. The Bertz CT molecular complexity index is 839. The molecule has 3 nitrogen and oxygen atoms in total. The number of rotatable bonds is 2. The van der Waals surface area contributed by atoms with Gasteiger partial charge in [0.1, 0.15) is 0 Å². The van der Waals surface area contributed by atoms with Gasteiger partial charge in [0.25, 0.3) is 0 Å². The first-order chi connectivity index (χ1) is 17.6. The average Bonchev–Trinajstić information content (AvgIpc) is 2.88. The number of hydrogen-bond donors (Lipinski definition) is 0. The Morgan fingerprint density at radius 3 is 1.35 bits per heavy atom. The van der Waals surface area contributed by atoms with E-state index in [0.717, 1.165) is 62.2 Å². The molecule has 0 aliphatic heterocycles. The van der Waals surface area contributed by atoms with E-state index in [9.17, 15) is 9.59 Å². The normalized spacial score (nSPS) is 51.6. The Morgan fingerprint density at radius 1 is 0.514 bits per heavy atom. The van der Waals surface area contributed by atoms with Gasteiger partial charge in [-0.1, -0.05) is 65.2 Å². The maximum Gasteiger partial charge on any atom is 0.319 e. The summed E-state index contributed by atoms with van der Waals surface area (Å²) in [5.74, 6) is 3.57. The van der Waals surface area contributed by atoms with E-state index in [0.29, 0.717) is 11.8 Å². The van der Waals surface area contributed by atoms with Crippen LogP contribution in [0.2, 0.25) is 0 Å². The quantitative estimate of drug-likeness (QED) is 0.275. The number of carbonyl (C=O) groups is 2. The Kier molecular flexibility index (Phi) is 6.67. The van der Waals surface area contributed by atoms with Crippen LogP contribution in [0.1, 0.15) is 143 Å². The number of hydrogen-bond acceptors (Lipinski definition) is 3. The highest BCUT2D eigenvalue weighted by atomic mass is 16.6. The van der Waals surface area contributed by atoms with Crippen molar-refractivity contribution < 1.29 is 14.3 Å². The third-order valence-corrected chi connectivity index (χ3v) is 14.2. The largest absolute Gasteiger partial charge is 0.392 e. The van der Waals surface area contributed by atoms with Crippen LogP contribution in [-0.2, 0) is 14.3 Å². The van der Waals surface area contributed by atoms with E-state index in [2.05, 4.69) is 27.7 Å². The molecule has 6 rings (SSSR count). The lowest BCUT2D eigenvalue weighted by atomic mass is 9.44. The van der Waals surface area contributed by atoms with Gasteiger partial charge >= 0.3 is 11.9 Å². The molecule has 4 unspecified atom stereocenters. The lowest BCUT2D eigenvalue weighted by molar-refractivity contribution is -0.196. The molecule has 6 saturated carbocycles. The summed E-state index contributed by atoms with van der Waals surface area (Å²) in [5.41, 5.74) is -0.572. The van der Waals surface area contributed by atoms with Crippen LogP contribution in [0.3, 0.4) is 0 Å². The van der Waals surface area contributed by atoms with Crippen LogP contribution in [0.15, 0.2) is 0 Å². The van der Waals surface area contributed by atoms with Crippen molar-refractivity contribution in [2.75, 3.05) is 0 Å². The van der Waals surface area contributed by atoms with Crippen LogP contribution in [0.25, 0.3) is 0 Å². The molecule has 6 aliphatic rings. The Morgan fingerprint density at radius 2 is 0.919 bits per heavy atom. The summed E-state index contributed by atoms with van der Waals surface area (Å²) < 4.78 is 6.12. The van der Waals surface area contributed by atoms with Crippen LogP contribution in [0.5, 0.6) is 0 Å². The van der Waals surface area contributed by atoms with Crippen molar-refractivity contribution in [2.45, 2.75) is 143 Å². The highest BCUT2D eigenvalue weighted by molar-refractivity contribution is 5.92. The number of esters is 2. The second kappa shape index (κ2) is 9.36. The predicted molar refractivity (Wildman–Crippen MR) is 148 cm³/mol. The van der Waals surface area contributed by atoms with Gasteiger partial charge in [0.05, 0.1) is 10.8 Å². The smallest absolute Gasteiger partial charge is 0.319 e. The molecular formula is C34H54O3. The summed E-state index contributed by atoms with van der Waals surface area (Å²) >= 11 is 0. The van der Waals surface area contributed by atoms with Gasteiger partial charge in [0, 0.05) is 0 Å². The van der Waals surface area contributed by atoms with E-state index in [1.54, 1.807) is 0 Å². The fourth-order valence-electron chi connectivity index (χ4n) is 12.4. The van der Waals surface area contributed by atoms with Gasteiger partial charge in [-0.05, 0) is 124 Å². The van der Waals surface area contributed by atoms with Crippen LogP contribution in [0, 0.1) is 57.2 Å². The summed E-state index contributed by atoms with van der Waals surface area (Å²) in [4.78, 5) is 28.2. The molecule has 6 fully saturated rings. The highest BCUT2D eigenvalue weighted by Crippen LogP contribution is 2.66. The summed E-state index contributed by atoms with van der Waals surface area (Å²) in [7, 11) is 0. The molecular weight excluding hydrogens is 456 g/mol. The van der Waals surface area contributed by atoms with Gasteiger partial charge in [-0.2, -0.15) is 0 Å². The van der Waals surface area contributed by atoms with Crippen molar-refractivity contribution in [2.24, 2.45) is 57.2 Å². The van der Waals surface area contributed by atoms with Crippen LogP contribution < -0.4 is 0 Å².